The van der Waals surface area contributed by atoms with Crippen LogP contribution in [0.5, 0.6) is 0 Å². The Bertz CT molecular complexity index is 112. The van der Waals surface area contributed by atoms with Gasteiger partial charge >= 0.3 is 0 Å². The quantitative estimate of drug-likeness (QED) is 0.443. The zero-order valence-electron chi connectivity index (χ0n) is 7.89. The predicted molar refractivity (Wildman–Crippen MR) is 52.7 cm³/mol. The normalized spacial score (nSPS) is 19.5. The van der Waals surface area contributed by atoms with Gasteiger partial charge in [-0.3, -0.25) is 0 Å². The molecule has 0 aromatic rings. The van der Waals surface area contributed by atoms with Crippen LogP contribution in [-0.4, -0.2) is 18.6 Å². The van der Waals surface area contributed by atoms with Crippen molar-refractivity contribution in [1.82, 2.24) is 0 Å². The van der Waals surface area contributed by atoms with Crippen LogP contribution in [-0.2, 0) is 4.74 Å². The van der Waals surface area contributed by atoms with Crippen LogP contribution < -0.4 is 0 Å². The summed E-state index contributed by atoms with van der Waals surface area (Å²) < 4.78 is 5.25. The predicted octanol–water partition coefficient (Wildman–Crippen LogP) is 3.21. The molecule has 1 nitrogen and oxygen atoms in total. The highest BCUT2D eigenvalue weighted by molar-refractivity contribution is 6.20. The first-order chi connectivity index (χ1) is 5.84. The number of hydrogen-bond acceptors (Lipinski definition) is 1. The first kappa shape index (κ1) is 10.3. The van der Waals surface area contributed by atoms with E-state index in [9.17, 15) is 0 Å². The maximum absolute atomic E-state index is 6.15. The van der Waals surface area contributed by atoms with Gasteiger partial charge in [-0.25, -0.2) is 0 Å². The second-order valence-corrected chi connectivity index (χ2v) is 4.11. The van der Waals surface area contributed by atoms with Gasteiger partial charge in [0.1, 0.15) is 0 Å². The molecule has 2 heteroatoms. The molecule has 0 spiro atoms. The number of rotatable bonds is 7. The lowest BCUT2D eigenvalue weighted by molar-refractivity contribution is 0.143. The molecule has 0 amide bonds. The molecule has 1 unspecified atom stereocenters. The van der Waals surface area contributed by atoms with Crippen molar-refractivity contribution >= 4 is 11.6 Å². The molecule has 1 rings (SSSR count). The third-order valence-electron chi connectivity index (χ3n) is 2.36. The Labute approximate surface area is 80.4 Å². The molecule has 0 saturated heterocycles. The number of hydrogen-bond donors (Lipinski definition) is 0. The summed E-state index contributed by atoms with van der Waals surface area (Å²) in [6, 6.07) is 0. The van der Waals surface area contributed by atoms with Gasteiger partial charge in [0.2, 0.25) is 0 Å². The SMILES string of the molecule is CCOCCCCC(Cl)C1CC1. The number of unbranched alkanes of at least 4 members (excludes halogenated alkanes) is 1. The van der Waals surface area contributed by atoms with Crippen molar-refractivity contribution in [3.63, 3.8) is 0 Å². The molecule has 12 heavy (non-hydrogen) atoms. The molecular formula is C10H19ClO. The second-order valence-electron chi connectivity index (χ2n) is 3.55. The molecule has 1 aliphatic rings. The fraction of sp³-hybridized carbons (Fsp3) is 1.00. The molecule has 0 aromatic heterocycles. The molecule has 1 atom stereocenters. The molecule has 0 radical (unpaired) electrons. The van der Waals surface area contributed by atoms with E-state index in [0.29, 0.717) is 5.38 Å². The summed E-state index contributed by atoms with van der Waals surface area (Å²) >= 11 is 6.15. The van der Waals surface area contributed by atoms with E-state index in [1.807, 2.05) is 6.92 Å². The summed E-state index contributed by atoms with van der Waals surface area (Å²) in [6.45, 7) is 3.78. The summed E-state index contributed by atoms with van der Waals surface area (Å²) in [5.74, 6) is 0.846. The van der Waals surface area contributed by atoms with Crippen molar-refractivity contribution in [3.8, 4) is 0 Å². The van der Waals surface area contributed by atoms with E-state index in [1.165, 1.54) is 32.1 Å². The molecule has 0 bridgehead atoms. The highest BCUT2D eigenvalue weighted by Crippen LogP contribution is 2.37. The minimum absolute atomic E-state index is 0.451. The van der Waals surface area contributed by atoms with E-state index in [4.69, 9.17) is 16.3 Å². The van der Waals surface area contributed by atoms with E-state index < -0.39 is 0 Å². The molecule has 72 valence electrons. The number of alkyl halides is 1. The fourth-order valence-electron chi connectivity index (χ4n) is 1.38. The van der Waals surface area contributed by atoms with Crippen molar-refractivity contribution < 1.29 is 4.74 Å². The van der Waals surface area contributed by atoms with E-state index in [1.54, 1.807) is 0 Å². The van der Waals surface area contributed by atoms with Crippen LogP contribution in [0.4, 0.5) is 0 Å². The third kappa shape index (κ3) is 4.32. The van der Waals surface area contributed by atoms with Gasteiger partial charge in [-0.15, -0.1) is 11.6 Å². The van der Waals surface area contributed by atoms with Crippen LogP contribution in [0.15, 0.2) is 0 Å². The summed E-state index contributed by atoms with van der Waals surface area (Å²) in [6.07, 6.45) is 6.30. The fourth-order valence-corrected chi connectivity index (χ4v) is 1.79. The van der Waals surface area contributed by atoms with E-state index in [-0.39, 0.29) is 0 Å². The van der Waals surface area contributed by atoms with Crippen molar-refractivity contribution in [2.24, 2.45) is 5.92 Å². The van der Waals surface area contributed by atoms with E-state index >= 15 is 0 Å². The minimum Gasteiger partial charge on any atom is -0.382 e. The average Bonchev–Trinajstić information content (AvgIpc) is 2.86. The van der Waals surface area contributed by atoms with Crippen molar-refractivity contribution in [3.05, 3.63) is 0 Å². The molecular weight excluding hydrogens is 172 g/mol. The topological polar surface area (TPSA) is 9.23 Å². The maximum Gasteiger partial charge on any atom is 0.0465 e. The largest absolute Gasteiger partial charge is 0.382 e. The van der Waals surface area contributed by atoms with Crippen LogP contribution in [0.2, 0.25) is 0 Å². The Morgan fingerprint density at radius 3 is 2.75 bits per heavy atom. The Morgan fingerprint density at radius 2 is 2.17 bits per heavy atom. The van der Waals surface area contributed by atoms with Crippen molar-refractivity contribution in [2.45, 2.75) is 44.4 Å². The van der Waals surface area contributed by atoms with Gasteiger partial charge in [0.15, 0.2) is 0 Å². The average molecular weight is 191 g/mol. The maximum atomic E-state index is 6.15. The molecule has 1 fully saturated rings. The van der Waals surface area contributed by atoms with Gasteiger partial charge in [0, 0.05) is 18.6 Å². The van der Waals surface area contributed by atoms with Crippen LogP contribution in [0.25, 0.3) is 0 Å². The van der Waals surface area contributed by atoms with Gasteiger partial charge in [0.05, 0.1) is 0 Å². The zero-order valence-corrected chi connectivity index (χ0v) is 8.65. The van der Waals surface area contributed by atoms with Gasteiger partial charge in [-0.05, 0) is 44.9 Å². The molecule has 0 heterocycles. The lowest BCUT2D eigenvalue weighted by Gasteiger charge is -2.06. The Balaban J connectivity index is 1.81. The van der Waals surface area contributed by atoms with Crippen molar-refractivity contribution in [2.75, 3.05) is 13.2 Å². The summed E-state index contributed by atoms with van der Waals surface area (Å²) in [5.41, 5.74) is 0. The van der Waals surface area contributed by atoms with Gasteiger partial charge < -0.3 is 4.74 Å². The molecule has 0 N–H and O–H groups in total. The minimum atomic E-state index is 0.451. The summed E-state index contributed by atoms with van der Waals surface area (Å²) in [5, 5.41) is 0.451. The van der Waals surface area contributed by atoms with Gasteiger partial charge in [-0.1, -0.05) is 0 Å². The van der Waals surface area contributed by atoms with Crippen LogP contribution in [0.3, 0.4) is 0 Å². The zero-order chi connectivity index (χ0) is 8.81. The van der Waals surface area contributed by atoms with Gasteiger partial charge in [-0.2, -0.15) is 0 Å². The molecule has 1 aliphatic carbocycles. The standard InChI is InChI=1S/C10H19ClO/c1-2-12-8-4-3-5-10(11)9-6-7-9/h9-10H,2-8H2,1H3. The molecule has 1 saturated carbocycles. The Kier molecular flexibility index (Phi) is 5.01. The van der Waals surface area contributed by atoms with Gasteiger partial charge in [0.25, 0.3) is 0 Å². The third-order valence-corrected chi connectivity index (χ3v) is 2.93. The summed E-state index contributed by atoms with van der Waals surface area (Å²) in [7, 11) is 0. The van der Waals surface area contributed by atoms with Crippen LogP contribution in [0.1, 0.15) is 39.0 Å². The van der Waals surface area contributed by atoms with E-state index in [2.05, 4.69) is 0 Å². The highest BCUT2D eigenvalue weighted by atomic mass is 35.5. The number of ether oxygens (including phenoxy) is 1. The summed E-state index contributed by atoms with van der Waals surface area (Å²) in [4.78, 5) is 0. The number of halogens is 1. The molecule has 0 aliphatic heterocycles. The van der Waals surface area contributed by atoms with Crippen LogP contribution in [0, 0.1) is 5.92 Å². The van der Waals surface area contributed by atoms with E-state index in [0.717, 1.165) is 19.1 Å². The first-order valence-electron chi connectivity index (χ1n) is 5.06. The first-order valence-corrected chi connectivity index (χ1v) is 5.50. The highest BCUT2D eigenvalue weighted by Gasteiger charge is 2.28. The monoisotopic (exact) mass is 190 g/mol. The molecule has 0 aromatic carbocycles. The lowest BCUT2D eigenvalue weighted by atomic mass is 10.1. The van der Waals surface area contributed by atoms with Crippen molar-refractivity contribution in [1.29, 1.82) is 0 Å². The second kappa shape index (κ2) is 5.82. The smallest absolute Gasteiger partial charge is 0.0465 e. The van der Waals surface area contributed by atoms with Crippen LogP contribution >= 0.6 is 11.6 Å². The Hall–Kier alpha value is 0.250. The Morgan fingerprint density at radius 1 is 1.42 bits per heavy atom. The lowest BCUT2D eigenvalue weighted by Crippen LogP contribution is -2.02.